The number of rotatable bonds is 8. The van der Waals surface area contributed by atoms with Gasteiger partial charge in [0.2, 0.25) is 12.7 Å². The fourth-order valence-corrected chi connectivity index (χ4v) is 4.54. The molecule has 0 radical (unpaired) electrons. The van der Waals surface area contributed by atoms with Gasteiger partial charge in [-0.3, -0.25) is 9.59 Å². The van der Waals surface area contributed by atoms with Crippen molar-refractivity contribution in [1.29, 1.82) is 0 Å². The zero-order valence-corrected chi connectivity index (χ0v) is 23.4. The number of carbonyl (C=O) groups is 3. The van der Waals surface area contributed by atoms with E-state index in [1.165, 1.54) is 28.0 Å². The highest BCUT2D eigenvalue weighted by atomic mass is 19.4. The maximum absolute atomic E-state index is 13.5. The molecule has 2 aromatic rings. The van der Waals surface area contributed by atoms with E-state index < -0.39 is 49.0 Å². The number of anilines is 2. The molecule has 2 aromatic carbocycles. The van der Waals surface area contributed by atoms with Crippen LogP contribution in [0.15, 0.2) is 36.4 Å². The molecule has 0 saturated carbocycles. The number of amides is 4. The minimum absolute atomic E-state index is 0.0632. The summed E-state index contributed by atoms with van der Waals surface area (Å²) in [6.07, 6.45) is -7.11. The lowest BCUT2D eigenvalue weighted by Crippen LogP contribution is -2.50. The second-order valence-corrected chi connectivity index (χ2v) is 10.4. The summed E-state index contributed by atoms with van der Waals surface area (Å²) in [7, 11) is 1.59. The molecule has 11 nitrogen and oxygen atoms in total. The summed E-state index contributed by atoms with van der Waals surface area (Å²) >= 11 is 0. The van der Waals surface area contributed by atoms with Gasteiger partial charge in [-0.2, -0.15) is 13.2 Å². The number of halogens is 3. The van der Waals surface area contributed by atoms with E-state index in [-0.39, 0.29) is 49.4 Å². The van der Waals surface area contributed by atoms with Crippen molar-refractivity contribution in [2.24, 2.45) is 5.92 Å². The number of hydrogen-bond acceptors (Lipinski definition) is 7. The van der Waals surface area contributed by atoms with Gasteiger partial charge in [0.1, 0.15) is 11.9 Å². The number of aliphatic hydroxyl groups is 1. The summed E-state index contributed by atoms with van der Waals surface area (Å²) in [6, 6.07) is 8.26. The quantitative estimate of drug-likeness (QED) is 0.420. The first kappa shape index (κ1) is 30.8. The van der Waals surface area contributed by atoms with E-state index in [0.29, 0.717) is 17.2 Å². The SMILES string of the molecule is C[C@@H]1CN([C@H](C)CO)C(=O)c2cc(NC(=O)CCC(F)(F)F)ccc2O[C@H]1CN(C)C(=O)Nc1ccc2c(c1)OCO2. The molecule has 0 aromatic heterocycles. The first-order valence-corrected chi connectivity index (χ1v) is 13.4. The normalized spacial score (nSPS) is 18.7. The van der Waals surface area contributed by atoms with E-state index in [2.05, 4.69) is 10.6 Å². The highest BCUT2D eigenvalue weighted by molar-refractivity contribution is 6.00. The maximum Gasteiger partial charge on any atom is 0.389 e. The van der Waals surface area contributed by atoms with E-state index in [1.54, 1.807) is 32.2 Å². The summed E-state index contributed by atoms with van der Waals surface area (Å²) in [4.78, 5) is 41.5. The Morgan fingerprint density at radius 3 is 2.45 bits per heavy atom. The third-order valence-corrected chi connectivity index (χ3v) is 7.01. The number of ether oxygens (including phenoxy) is 3. The van der Waals surface area contributed by atoms with Crippen LogP contribution in [0, 0.1) is 5.92 Å². The summed E-state index contributed by atoms with van der Waals surface area (Å²) in [5.41, 5.74) is 0.694. The third kappa shape index (κ3) is 7.55. The molecule has 0 saturated heterocycles. The van der Waals surface area contributed by atoms with Crippen molar-refractivity contribution in [3.05, 3.63) is 42.0 Å². The van der Waals surface area contributed by atoms with Gasteiger partial charge in [-0.05, 0) is 37.3 Å². The van der Waals surface area contributed by atoms with Crippen LogP contribution >= 0.6 is 0 Å². The van der Waals surface area contributed by atoms with Crippen LogP contribution in [0.2, 0.25) is 0 Å². The lowest BCUT2D eigenvalue weighted by atomic mass is 9.99. The van der Waals surface area contributed by atoms with Gasteiger partial charge in [0.05, 0.1) is 31.2 Å². The van der Waals surface area contributed by atoms with Crippen molar-refractivity contribution < 1.29 is 46.9 Å². The summed E-state index contributed by atoms with van der Waals surface area (Å²) in [5, 5.41) is 15.0. The molecular weight excluding hydrogens is 561 g/mol. The number of urea groups is 1. The smallest absolute Gasteiger partial charge is 0.389 e. The van der Waals surface area contributed by atoms with Gasteiger partial charge in [0.25, 0.3) is 5.91 Å². The van der Waals surface area contributed by atoms with Gasteiger partial charge >= 0.3 is 12.2 Å². The number of hydrogen-bond donors (Lipinski definition) is 3. The molecule has 2 heterocycles. The predicted molar refractivity (Wildman–Crippen MR) is 146 cm³/mol. The summed E-state index contributed by atoms with van der Waals surface area (Å²) < 4.78 is 54.5. The monoisotopic (exact) mass is 594 g/mol. The van der Waals surface area contributed by atoms with Gasteiger partial charge in [-0.1, -0.05) is 6.92 Å². The van der Waals surface area contributed by atoms with Gasteiger partial charge in [0.15, 0.2) is 11.5 Å². The Bertz CT molecular complexity index is 1320. The third-order valence-electron chi connectivity index (χ3n) is 7.01. The molecule has 4 rings (SSSR count). The first-order valence-electron chi connectivity index (χ1n) is 13.4. The Morgan fingerprint density at radius 1 is 1.10 bits per heavy atom. The minimum atomic E-state index is -4.48. The van der Waals surface area contributed by atoms with Crippen LogP contribution in [-0.4, -0.2) is 84.6 Å². The molecule has 3 N–H and O–H groups in total. The molecule has 0 spiro atoms. The summed E-state index contributed by atoms with van der Waals surface area (Å²) in [5.74, 6) is -0.339. The zero-order valence-electron chi connectivity index (χ0n) is 23.4. The molecule has 2 aliphatic rings. The van der Waals surface area contributed by atoms with Crippen molar-refractivity contribution in [2.75, 3.05) is 44.2 Å². The number of carbonyl (C=O) groups excluding carboxylic acids is 3. The second kappa shape index (κ2) is 12.8. The highest BCUT2D eigenvalue weighted by Crippen LogP contribution is 2.35. The van der Waals surface area contributed by atoms with Crippen molar-refractivity contribution in [1.82, 2.24) is 9.80 Å². The van der Waals surface area contributed by atoms with Crippen molar-refractivity contribution in [2.45, 2.75) is 45.0 Å². The van der Waals surface area contributed by atoms with Crippen LogP contribution in [0.25, 0.3) is 0 Å². The molecule has 0 fully saturated rings. The van der Waals surface area contributed by atoms with Crippen molar-refractivity contribution in [3.63, 3.8) is 0 Å². The number of benzene rings is 2. The van der Waals surface area contributed by atoms with Gasteiger partial charge in [0, 0.05) is 43.4 Å². The van der Waals surface area contributed by atoms with E-state index in [4.69, 9.17) is 14.2 Å². The molecule has 3 atom stereocenters. The molecule has 42 heavy (non-hydrogen) atoms. The van der Waals surface area contributed by atoms with Crippen LogP contribution in [0.1, 0.15) is 37.0 Å². The Morgan fingerprint density at radius 2 is 1.76 bits per heavy atom. The molecule has 14 heteroatoms. The molecule has 2 aliphatic heterocycles. The van der Waals surface area contributed by atoms with Crippen molar-refractivity contribution in [3.8, 4) is 17.2 Å². The molecular formula is C28H33F3N4O7. The number of alkyl halides is 3. The molecule has 0 unspecified atom stereocenters. The number of likely N-dealkylation sites (N-methyl/N-ethyl adjacent to an activating group) is 1. The molecule has 4 amide bonds. The Kier molecular flexibility index (Phi) is 9.34. The van der Waals surface area contributed by atoms with Crippen LogP contribution < -0.4 is 24.8 Å². The Labute approximate surface area is 240 Å². The molecule has 0 bridgehead atoms. The predicted octanol–water partition coefficient (Wildman–Crippen LogP) is 4.08. The average Bonchev–Trinajstić information content (AvgIpc) is 3.41. The topological polar surface area (TPSA) is 130 Å². The number of fused-ring (bicyclic) bond motifs is 2. The fraction of sp³-hybridized carbons (Fsp3) is 0.464. The molecule has 228 valence electrons. The van der Waals surface area contributed by atoms with Crippen LogP contribution in [0.3, 0.4) is 0 Å². The molecule has 0 aliphatic carbocycles. The van der Waals surface area contributed by atoms with Crippen molar-refractivity contribution >= 4 is 29.2 Å². The van der Waals surface area contributed by atoms with Crippen LogP contribution in [-0.2, 0) is 4.79 Å². The summed E-state index contributed by atoms with van der Waals surface area (Å²) in [6.45, 7) is 3.64. The Balaban J connectivity index is 1.52. The van der Waals surface area contributed by atoms with Crippen LogP contribution in [0.5, 0.6) is 17.2 Å². The van der Waals surface area contributed by atoms with Crippen LogP contribution in [0.4, 0.5) is 29.3 Å². The lowest BCUT2D eigenvalue weighted by molar-refractivity contribution is -0.142. The lowest BCUT2D eigenvalue weighted by Gasteiger charge is -2.38. The largest absolute Gasteiger partial charge is 0.487 e. The average molecular weight is 595 g/mol. The Hall–Kier alpha value is -4.20. The van der Waals surface area contributed by atoms with E-state index >= 15 is 0 Å². The van der Waals surface area contributed by atoms with Gasteiger partial charge in [-0.25, -0.2) is 4.79 Å². The van der Waals surface area contributed by atoms with Gasteiger partial charge < -0.3 is 39.8 Å². The van der Waals surface area contributed by atoms with E-state index in [0.717, 1.165) is 0 Å². The number of nitrogens with zero attached hydrogens (tertiary/aromatic N) is 2. The minimum Gasteiger partial charge on any atom is -0.487 e. The fourth-order valence-electron chi connectivity index (χ4n) is 4.54. The van der Waals surface area contributed by atoms with E-state index in [1.807, 2.05) is 6.92 Å². The standard InChI is InChI=1S/C28H33F3N4O7/c1-16-12-35(17(2)14-36)26(38)20-10-18(32-25(37)8-9-28(29,30)31)4-6-21(20)42-24(16)13-34(3)27(39)33-19-5-7-22-23(11-19)41-15-40-22/h4-7,10-11,16-17,24,36H,8-9,12-15H2,1-3H3,(H,32,37)(H,33,39)/t16-,17-,24+/m1/s1. The number of aliphatic hydroxyl groups excluding tert-OH is 1. The zero-order chi connectivity index (χ0) is 30.6. The second-order valence-electron chi connectivity index (χ2n) is 10.4. The highest BCUT2D eigenvalue weighted by Gasteiger charge is 2.34. The van der Waals surface area contributed by atoms with E-state index in [9.17, 15) is 32.7 Å². The van der Waals surface area contributed by atoms with Gasteiger partial charge in [-0.15, -0.1) is 0 Å². The number of nitrogens with one attached hydrogen (secondary N) is 2. The first-order chi connectivity index (χ1) is 19.8. The maximum atomic E-state index is 13.5.